The van der Waals surface area contributed by atoms with Crippen LogP contribution in [0, 0.1) is 0 Å². The number of halogens is 1. The van der Waals surface area contributed by atoms with Gasteiger partial charge in [0.05, 0.1) is 17.5 Å². The highest BCUT2D eigenvalue weighted by Crippen LogP contribution is 2.20. The Morgan fingerprint density at radius 1 is 0.957 bits per heavy atom. The molecule has 2 N–H and O–H groups in total. The first-order valence-corrected chi connectivity index (χ1v) is 9.72. The van der Waals surface area contributed by atoms with Gasteiger partial charge in [-0.1, -0.05) is 41.9 Å². The number of anilines is 1. The Bertz CT molecular complexity index is 748. The van der Waals surface area contributed by atoms with Crippen molar-refractivity contribution in [3.8, 4) is 0 Å². The maximum atomic E-state index is 12.0. The van der Waals surface area contributed by atoms with Crippen LogP contribution >= 0.6 is 11.6 Å². The normalized spacial score (nSPS) is 22.8. The molecule has 0 unspecified atom stereocenters. The summed E-state index contributed by atoms with van der Waals surface area (Å²) in [4.78, 5) is 0. The maximum Gasteiger partial charge on any atom is 0.153 e. The Morgan fingerprint density at radius 3 is 2.30 bits per heavy atom. The zero-order valence-corrected chi connectivity index (χ0v) is 14.1. The van der Waals surface area contributed by atoms with Crippen LogP contribution in [0.25, 0.3) is 0 Å². The monoisotopic (exact) mass is 350 g/mol. The molecule has 0 bridgehead atoms. The van der Waals surface area contributed by atoms with E-state index in [1.165, 1.54) is 0 Å². The molecule has 1 aliphatic heterocycles. The Kier molecular flexibility index (Phi) is 4.90. The average molecular weight is 351 g/mol. The predicted molar refractivity (Wildman–Crippen MR) is 94.6 cm³/mol. The number of hydrogen-bond acceptors (Lipinski definition) is 4. The molecule has 4 nitrogen and oxygen atoms in total. The van der Waals surface area contributed by atoms with Crippen molar-refractivity contribution in [2.45, 2.75) is 18.6 Å². The Labute approximate surface area is 141 Å². The van der Waals surface area contributed by atoms with Crippen LogP contribution in [0.2, 0.25) is 5.02 Å². The van der Waals surface area contributed by atoms with Gasteiger partial charge in [-0.15, -0.1) is 0 Å². The minimum absolute atomic E-state index is 0.115. The van der Waals surface area contributed by atoms with Crippen LogP contribution in [0.1, 0.15) is 5.56 Å². The fourth-order valence-corrected chi connectivity index (χ4v) is 4.82. The minimum atomic E-state index is -3.03. The topological polar surface area (TPSA) is 58.2 Å². The Morgan fingerprint density at radius 2 is 1.61 bits per heavy atom. The Balaban J connectivity index is 1.68. The number of sulfone groups is 1. The molecule has 1 heterocycles. The summed E-state index contributed by atoms with van der Waals surface area (Å²) in [5.41, 5.74) is 2.02. The first-order valence-electron chi connectivity index (χ1n) is 7.52. The lowest BCUT2D eigenvalue weighted by atomic mass is 10.1. The molecule has 122 valence electrons. The lowest BCUT2D eigenvalue weighted by Crippen LogP contribution is -2.42. The van der Waals surface area contributed by atoms with Crippen molar-refractivity contribution in [1.82, 2.24) is 5.32 Å². The molecule has 0 aromatic heterocycles. The molecule has 0 spiro atoms. The summed E-state index contributed by atoms with van der Waals surface area (Å²) >= 11 is 5.88. The third-order valence-corrected chi connectivity index (χ3v) is 5.95. The molecule has 1 saturated heterocycles. The van der Waals surface area contributed by atoms with Gasteiger partial charge in [0.2, 0.25) is 0 Å². The summed E-state index contributed by atoms with van der Waals surface area (Å²) in [5.74, 6) is 0.299. The van der Waals surface area contributed by atoms with Gasteiger partial charge in [0.15, 0.2) is 9.84 Å². The minimum Gasteiger partial charge on any atom is -0.380 e. The van der Waals surface area contributed by atoms with Crippen LogP contribution in [0.4, 0.5) is 5.69 Å². The SMILES string of the molecule is O=S1(=O)C[C@@H](NCc2ccccc2)[C@H](Nc2ccc(Cl)cc2)C1. The van der Waals surface area contributed by atoms with Crippen LogP contribution in [0.3, 0.4) is 0 Å². The predicted octanol–water partition coefficient (Wildman–Crippen LogP) is 2.71. The molecule has 1 fully saturated rings. The largest absolute Gasteiger partial charge is 0.380 e. The standard InChI is InChI=1S/C17H19ClN2O2S/c18-14-6-8-15(9-7-14)20-17-12-23(21,22)11-16(17)19-10-13-4-2-1-3-5-13/h1-9,16-17,19-20H,10-12H2/t16-,17-/m1/s1. The highest BCUT2D eigenvalue weighted by atomic mass is 35.5. The van der Waals surface area contributed by atoms with Gasteiger partial charge in [0, 0.05) is 23.3 Å². The quantitative estimate of drug-likeness (QED) is 0.870. The Hall–Kier alpha value is -1.56. The van der Waals surface area contributed by atoms with Gasteiger partial charge in [0.1, 0.15) is 0 Å². The van der Waals surface area contributed by atoms with Gasteiger partial charge in [-0.25, -0.2) is 8.42 Å². The average Bonchev–Trinajstić information content (AvgIpc) is 2.82. The van der Waals surface area contributed by atoms with Gasteiger partial charge < -0.3 is 10.6 Å². The van der Waals surface area contributed by atoms with E-state index in [9.17, 15) is 8.42 Å². The second-order valence-electron chi connectivity index (χ2n) is 5.81. The molecule has 0 radical (unpaired) electrons. The first kappa shape index (κ1) is 16.3. The van der Waals surface area contributed by atoms with E-state index in [4.69, 9.17) is 11.6 Å². The van der Waals surface area contributed by atoms with Crippen LogP contribution in [0.15, 0.2) is 54.6 Å². The third-order valence-electron chi connectivity index (χ3n) is 3.96. The molecule has 1 aliphatic rings. The second kappa shape index (κ2) is 6.91. The smallest absolute Gasteiger partial charge is 0.153 e. The van der Waals surface area contributed by atoms with E-state index in [0.717, 1.165) is 11.3 Å². The molecule has 0 saturated carbocycles. The summed E-state index contributed by atoms with van der Waals surface area (Å²) < 4.78 is 24.0. The van der Waals surface area contributed by atoms with Crippen molar-refractivity contribution in [3.05, 3.63) is 65.2 Å². The van der Waals surface area contributed by atoms with Crippen LogP contribution in [0.5, 0.6) is 0 Å². The molecule has 23 heavy (non-hydrogen) atoms. The zero-order chi connectivity index (χ0) is 16.3. The lowest BCUT2D eigenvalue weighted by Gasteiger charge is -2.22. The van der Waals surface area contributed by atoms with E-state index in [-0.39, 0.29) is 23.6 Å². The van der Waals surface area contributed by atoms with Crippen molar-refractivity contribution in [3.63, 3.8) is 0 Å². The highest BCUT2D eigenvalue weighted by Gasteiger charge is 2.37. The van der Waals surface area contributed by atoms with Gasteiger partial charge >= 0.3 is 0 Å². The number of hydrogen-bond donors (Lipinski definition) is 2. The molecule has 2 aromatic rings. The third kappa shape index (κ3) is 4.47. The van der Waals surface area contributed by atoms with Crippen molar-refractivity contribution < 1.29 is 8.42 Å². The van der Waals surface area contributed by atoms with E-state index in [1.807, 2.05) is 42.5 Å². The molecule has 6 heteroatoms. The van der Waals surface area contributed by atoms with Crippen LogP contribution < -0.4 is 10.6 Å². The summed E-state index contributed by atoms with van der Waals surface area (Å²) in [5, 5.41) is 7.34. The van der Waals surface area contributed by atoms with E-state index >= 15 is 0 Å². The van der Waals surface area contributed by atoms with Crippen molar-refractivity contribution in [2.75, 3.05) is 16.8 Å². The zero-order valence-electron chi connectivity index (χ0n) is 12.6. The fraction of sp³-hybridized carbons (Fsp3) is 0.294. The van der Waals surface area contributed by atoms with Crippen molar-refractivity contribution in [1.29, 1.82) is 0 Å². The summed E-state index contributed by atoms with van der Waals surface area (Å²) in [7, 11) is -3.03. The molecule has 2 aromatic carbocycles. The van der Waals surface area contributed by atoms with E-state index in [0.29, 0.717) is 11.6 Å². The van der Waals surface area contributed by atoms with E-state index in [2.05, 4.69) is 10.6 Å². The highest BCUT2D eigenvalue weighted by molar-refractivity contribution is 7.91. The van der Waals surface area contributed by atoms with E-state index in [1.54, 1.807) is 12.1 Å². The fourth-order valence-electron chi connectivity index (χ4n) is 2.80. The number of benzene rings is 2. The van der Waals surface area contributed by atoms with Gasteiger partial charge in [-0.05, 0) is 29.8 Å². The van der Waals surface area contributed by atoms with Crippen molar-refractivity contribution in [2.24, 2.45) is 0 Å². The second-order valence-corrected chi connectivity index (χ2v) is 8.40. The summed E-state index contributed by atoms with van der Waals surface area (Å²) in [6.07, 6.45) is 0. The van der Waals surface area contributed by atoms with Gasteiger partial charge in [-0.2, -0.15) is 0 Å². The summed E-state index contributed by atoms with van der Waals surface area (Å²) in [6.45, 7) is 0.653. The molecular formula is C17H19ClN2O2S. The molecule has 0 aliphatic carbocycles. The number of rotatable bonds is 5. The molecular weight excluding hydrogens is 332 g/mol. The van der Waals surface area contributed by atoms with Gasteiger partial charge in [-0.3, -0.25) is 0 Å². The van der Waals surface area contributed by atoms with Gasteiger partial charge in [0.25, 0.3) is 0 Å². The lowest BCUT2D eigenvalue weighted by molar-refractivity contribution is 0.521. The van der Waals surface area contributed by atoms with Crippen molar-refractivity contribution >= 4 is 27.1 Å². The van der Waals surface area contributed by atoms with Crippen LogP contribution in [-0.2, 0) is 16.4 Å². The first-order chi connectivity index (χ1) is 11.0. The molecule has 0 amide bonds. The molecule has 2 atom stereocenters. The molecule has 3 rings (SSSR count). The van der Waals surface area contributed by atoms with E-state index < -0.39 is 9.84 Å². The van der Waals surface area contributed by atoms with Crippen LogP contribution in [-0.4, -0.2) is 32.0 Å². The number of nitrogens with one attached hydrogen (secondary N) is 2. The maximum absolute atomic E-state index is 12.0. The summed E-state index contributed by atoms with van der Waals surface area (Å²) in [6, 6.07) is 17.0.